The Bertz CT molecular complexity index is 1420. The minimum absolute atomic E-state index is 0. The number of fused-ring (bicyclic) bond motifs is 1. The standard InChI is InChI=1S/C34H37FN2O.C2H6.H2/c1-21-13-24(9-12-30(21)25-10-7-23(8-11-25)15-29-18-34(29,3)35)14-28-17-27(31-20-36-19-22(2)37-31)16-26-5-4-6-32(38)33(26)28;1-2;/h4-5,9,12-13,16-17,19-20,23,25,29H,6-8,10-11,14-15,18H2,1-3H3;1-2H3;1H. The van der Waals surface area contributed by atoms with Gasteiger partial charge in [0.1, 0.15) is 5.67 Å². The molecular formula is C36H45FN2O. The number of nitrogens with zero attached hydrogens (tertiary/aromatic N) is 2. The Morgan fingerprint density at radius 3 is 2.48 bits per heavy atom. The van der Waals surface area contributed by atoms with Gasteiger partial charge < -0.3 is 0 Å². The van der Waals surface area contributed by atoms with Crippen LogP contribution < -0.4 is 0 Å². The highest BCUT2D eigenvalue weighted by Crippen LogP contribution is 2.52. The molecule has 40 heavy (non-hydrogen) atoms. The zero-order valence-electron chi connectivity index (χ0n) is 24.8. The maximum atomic E-state index is 14.0. The molecule has 0 bridgehead atoms. The van der Waals surface area contributed by atoms with E-state index in [1.165, 1.54) is 42.4 Å². The van der Waals surface area contributed by atoms with Crippen molar-refractivity contribution in [2.45, 2.75) is 97.6 Å². The van der Waals surface area contributed by atoms with Crippen molar-refractivity contribution in [3.63, 3.8) is 0 Å². The minimum atomic E-state index is -0.892. The zero-order chi connectivity index (χ0) is 28.4. The SMILES string of the molecule is CC.Cc1cncc(-c2cc3c(c(Cc4ccc(C5CCC(CC6CC6(C)F)CC5)c(C)c4)c2)C(=O)CC=C3)n1.[HH]. The Hall–Kier alpha value is -3.14. The summed E-state index contributed by atoms with van der Waals surface area (Å²) in [5, 5.41) is 0. The lowest BCUT2D eigenvalue weighted by Gasteiger charge is -2.30. The summed E-state index contributed by atoms with van der Waals surface area (Å²) in [6.45, 7) is 9.94. The molecule has 0 radical (unpaired) electrons. The summed E-state index contributed by atoms with van der Waals surface area (Å²) >= 11 is 0. The predicted octanol–water partition coefficient (Wildman–Crippen LogP) is 9.64. The van der Waals surface area contributed by atoms with E-state index < -0.39 is 5.67 Å². The first kappa shape index (κ1) is 28.4. The summed E-state index contributed by atoms with van der Waals surface area (Å²) in [6.07, 6.45) is 15.4. The molecule has 3 aliphatic rings. The number of carbonyl (C=O) groups excluding carboxylic acids is 1. The molecule has 2 unspecified atom stereocenters. The van der Waals surface area contributed by atoms with Gasteiger partial charge >= 0.3 is 0 Å². The van der Waals surface area contributed by atoms with Gasteiger partial charge in [0.25, 0.3) is 0 Å². The molecule has 1 aromatic heterocycles. The maximum absolute atomic E-state index is 14.0. The highest BCUT2D eigenvalue weighted by atomic mass is 19.1. The first-order chi connectivity index (χ1) is 19.3. The number of hydrogen-bond donors (Lipinski definition) is 0. The summed E-state index contributed by atoms with van der Waals surface area (Å²) in [5.74, 6) is 1.77. The lowest BCUT2D eigenvalue weighted by molar-refractivity contribution is 0.0993. The van der Waals surface area contributed by atoms with Gasteiger partial charge in [-0.1, -0.05) is 44.2 Å². The summed E-state index contributed by atoms with van der Waals surface area (Å²) in [5.41, 5.74) is 8.72. The molecule has 6 rings (SSSR count). The largest absolute Gasteiger partial charge is 0.294 e. The lowest BCUT2D eigenvalue weighted by Crippen LogP contribution is -2.16. The Morgan fingerprint density at radius 2 is 1.80 bits per heavy atom. The van der Waals surface area contributed by atoms with E-state index in [0.717, 1.165) is 46.5 Å². The monoisotopic (exact) mass is 540 g/mol. The number of rotatable bonds is 6. The number of halogens is 1. The second-order valence-corrected chi connectivity index (χ2v) is 12.2. The van der Waals surface area contributed by atoms with Crippen LogP contribution in [0, 0.1) is 25.7 Å². The van der Waals surface area contributed by atoms with Crippen molar-refractivity contribution in [1.29, 1.82) is 0 Å². The minimum Gasteiger partial charge on any atom is -0.294 e. The third kappa shape index (κ3) is 6.11. The molecule has 212 valence electrons. The van der Waals surface area contributed by atoms with Crippen molar-refractivity contribution in [2.24, 2.45) is 11.8 Å². The maximum Gasteiger partial charge on any atom is 0.167 e. The predicted molar refractivity (Wildman–Crippen MR) is 165 cm³/mol. The summed E-state index contributed by atoms with van der Waals surface area (Å²) in [7, 11) is 0. The third-order valence-electron chi connectivity index (χ3n) is 9.15. The quantitative estimate of drug-likeness (QED) is 0.313. The number of aryl methyl sites for hydroxylation is 2. The van der Waals surface area contributed by atoms with Crippen LogP contribution in [0.2, 0.25) is 0 Å². The van der Waals surface area contributed by atoms with Crippen LogP contribution in [-0.2, 0) is 6.42 Å². The van der Waals surface area contributed by atoms with Crippen LogP contribution in [-0.4, -0.2) is 21.4 Å². The van der Waals surface area contributed by atoms with Gasteiger partial charge in [0.05, 0.1) is 17.6 Å². The second-order valence-electron chi connectivity index (χ2n) is 12.2. The van der Waals surface area contributed by atoms with E-state index in [1.807, 2.05) is 26.8 Å². The van der Waals surface area contributed by atoms with E-state index in [4.69, 9.17) is 0 Å². The molecule has 2 aromatic carbocycles. The molecule has 0 N–H and O–H groups in total. The molecule has 3 aliphatic carbocycles. The van der Waals surface area contributed by atoms with Crippen LogP contribution >= 0.6 is 0 Å². The average molecular weight is 541 g/mol. The number of hydrogen-bond acceptors (Lipinski definition) is 3. The number of alkyl halides is 1. The van der Waals surface area contributed by atoms with E-state index in [9.17, 15) is 9.18 Å². The normalized spacial score (nSPS) is 25.1. The van der Waals surface area contributed by atoms with Gasteiger partial charge in [-0.25, -0.2) is 9.37 Å². The number of allylic oxidation sites excluding steroid dienone is 1. The molecule has 1 heterocycles. The lowest BCUT2D eigenvalue weighted by atomic mass is 9.75. The molecule has 2 fully saturated rings. The highest BCUT2D eigenvalue weighted by molar-refractivity contribution is 6.04. The van der Waals surface area contributed by atoms with Gasteiger partial charge in [0.15, 0.2) is 5.78 Å². The van der Waals surface area contributed by atoms with Gasteiger partial charge in [-0.15, -0.1) is 0 Å². The fraction of sp³-hybridized carbons (Fsp3) is 0.472. The van der Waals surface area contributed by atoms with E-state index in [1.54, 1.807) is 19.3 Å². The number of aromatic nitrogens is 2. The van der Waals surface area contributed by atoms with Gasteiger partial charge in [-0.2, -0.15) is 0 Å². The van der Waals surface area contributed by atoms with Gasteiger partial charge in [-0.3, -0.25) is 9.78 Å². The number of ketones is 1. The fourth-order valence-corrected chi connectivity index (χ4v) is 6.87. The zero-order valence-corrected chi connectivity index (χ0v) is 24.8. The first-order valence-corrected chi connectivity index (χ1v) is 15.2. The van der Waals surface area contributed by atoms with Crippen LogP contribution in [0.5, 0.6) is 0 Å². The number of carbonyl (C=O) groups is 1. The Morgan fingerprint density at radius 1 is 1.05 bits per heavy atom. The molecule has 0 aliphatic heterocycles. The van der Waals surface area contributed by atoms with Crippen molar-refractivity contribution >= 4 is 11.9 Å². The van der Waals surface area contributed by atoms with Crippen molar-refractivity contribution in [1.82, 2.24) is 9.97 Å². The molecule has 0 spiro atoms. The second kappa shape index (κ2) is 11.8. The number of benzene rings is 2. The molecule has 3 aromatic rings. The Balaban J connectivity index is 0.00000126. The summed E-state index contributed by atoms with van der Waals surface area (Å²) in [4.78, 5) is 22.0. The smallest absolute Gasteiger partial charge is 0.167 e. The average Bonchev–Trinajstić information content (AvgIpc) is 3.55. The summed E-state index contributed by atoms with van der Waals surface area (Å²) < 4.78 is 14.0. The van der Waals surface area contributed by atoms with Crippen LogP contribution in [0.1, 0.15) is 117 Å². The van der Waals surface area contributed by atoms with Crippen LogP contribution in [0.3, 0.4) is 0 Å². The van der Waals surface area contributed by atoms with E-state index in [0.29, 0.717) is 30.6 Å². The molecule has 3 nitrogen and oxygen atoms in total. The van der Waals surface area contributed by atoms with E-state index >= 15 is 0 Å². The highest BCUT2D eigenvalue weighted by Gasteiger charge is 2.51. The van der Waals surface area contributed by atoms with Crippen molar-refractivity contribution in [3.8, 4) is 11.3 Å². The number of Topliss-reactive ketones (excluding diaryl/α,β-unsaturated/α-hetero) is 1. The Kier molecular flexibility index (Phi) is 8.35. The Labute approximate surface area is 240 Å². The fourth-order valence-electron chi connectivity index (χ4n) is 6.87. The topological polar surface area (TPSA) is 42.9 Å². The van der Waals surface area contributed by atoms with Crippen LogP contribution in [0.15, 0.2) is 48.8 Å². The van der Waals surface area contributed by atoms with Crippen molar-refractivity contribution in [2.75, 3.05) is 0 Å². The van der Waals surface area contributed by atoms with Gasteiger partial charge in [-0.05, 0) is 123 Å². The van der Waals surface area contributed by atoms with Gasteiger partial charge in [0.2, 0.25) is 0 Å². The van der Waals surface area contributed by atoms with Crippen molar-refractivity contribution < 1.29 is 10.6 Å². The van der Waals surface area contributed by atoms with Crippen LogP contribution in [0.25, 0.3) is 17.3 Å². The first-order valence-electron chi connectivity index (χ1n) is 15.2. The summed E-state index contributed by atoms with van der Waals surface area (Å²) in [6, 6.07) is 11.1. The molecule has 0 saturated heterocycles. The third-order valence-corrected chi connectivity index (χ3v) is 9.15. The molecule has 2 saturated carbocycles. The molecule has 4 heteroatoms. The van der Waals surface area contributed by atoms with Crippen molar-refractivity contribution in [3.05, 3.63) is 87.9 Å². The van der Waals surface area contributed by atoms with Gasteiger partial charge in [0, 0.05) is 25.2 Å². The molecular weight excluding hydrogens is 495 g/mol. The van der Waals surface area contributed by atoms with E-state index in [2.05, 4.69) is 53.3 Å². The molecule has 0 amide bonds. The van der Waals surface area contributed by atoms with Crippen LogP contribution in [0.4, 0.5) is 4.39 Å². The molecule has 2 atom stereocenters. The van der Waals surface area contributed by atoms with E-state index in [-0.39, 0.29) is 7.21 Å².